The molecule has 1 aromatic heterocycles. The second-order valence-corrected chi connectivity index (χ2v) is 6.59. The Balaban J connectivity index is 1.52. The molecule has 144 valence electrons. The van der Waals surface area contributed by atoms with Crippen LogP contribution in [0.15, 0.2) is 85.1 Å². The Morgan fingerprint density at radius 3 is 2.41 bits per heavy atom. The largest absolute Gasteiger partial charge is 0.508 e. The molecule has 6 heteroatoms. The summed E-state index contributed by atoms with van der Waals surface area (Å²) in [6.07, 6.45) is 1.95. The number of nitrogens with one attached hydrogen (secondary N) is 1. The standard InChI is InChI=1S/C23H19N3O3/c27-19-10-11-20(22(28)15-19)21-12-13-24-26(21)18-8-6-17(7-9-18)25-23(29)14-16-4-2-1-3-5-16/h1-13,15,27-28H,14H2,(H,25,29). The van der Waals surface area contributed by atoms with Crippen LogP contribution in [0.25, 0.3) is 16.9 Å². The summed E-state index contributed by atoms with van der Waals surface area (Å²) in [4.78, 5) is 12.2. The maximum Gasteiger partial charge on any atom is 0.228 e. The van der Waals surface area contributed by atoms with Crippen LogP contribution in [0.5, 0.6) is 11.5 Å². The number of amides is 1. The Hall–Kier alpha value is -4.06. The van der Waals surface area contributed by atoms with Crippen LogP contribution in [-0.4, -0.2) is 25.9 Å². The number of carbonyl (C=O) groups is 1. The van der Waals surface area contributed by atoms with Crippen LogP contribution in [0.1, 0.15) is 5.56 Å². The first-order valence-corrected chi connectivity index (χ1v) is 9.11. The van der Waals surface area contributed by atoms with E-state index in [9.17, 15) is 15.0 Å². The van der Waals surface area contributed by atoms with E-state index in [4.69, 9.17) is 0 Å². The van der Waals surface area contributed by atoms with Crippen molar-refractivity contribution in [1.29, 1.82) is 0 Å². The number of hydrogen-bond acceptors (Lipinski definition) is 4. The molecule has 29 heavy (non-hydrogen) atoms. The van der Waals surface area contributed by atoms with Crippen LogP contribution < -0.4 is 5.32 Å². The van der Waals surface area contributed by atoms with Crippen LogP contribution in [0.2, 0.25) is 0 Å². The molecular formula is C23H19N3O3. The number of phenols is 2. The van der Waals surface area contributed by atoms with Gasteiger partial charge in [-0.15, -0.1) is 0 Å². The van der Waals surface area contributed by atoms with Crippen LogP contribution in [0.3, 0.4) is 0 Å². The fraction of sp³-hybridized carbons (Fsp3) is 0.0435. The van der Waals surface area contributed by atoms with Gasteiger partial charge in [-0.3, -0.25) is 4.79 Å². The second-order valence-electron chi connectivity index (χ2n) is 6.59. The van der Waals surface area contributed by atoms with E-state index in [0.717, 1.165) is 11.3 Å². The number of anilines is 1. The summed E-state index contributed by atoms with van der Waals surface area (Å²) in [6.45, 7) is 0. The van der Waals surface area contributed by atoms with Gasteiger partial charge in [-0.1, -0.05) is 30.3 Å². The highest BCUT2D eigenvalue weighted by Crippen LogP contribution is 2.33. The molecule has 0 saturated carbocycles. The number of aromatic nitrogens is 2. The number of hydrogen-bond donors (Lipinski definition) is 3. The molecule has 0 bridgehead atoms. The zero-order valence-electron chi connectivity index (χ0n) is 15.5. The topological polar surface area (TPSA) is 87.4 Å². The lowest BCUT2D eigenvalue weighted by atomic mass is 10.1. The SMILES string of the molecule is O=C(Cc1ccccc1)Nc1ccc(-n2nccc2-c2ccc(O)cc2O)cc1. The number of aromatic hydroxyl groups is 2. The average molecular weight is 385 g/mol. The fourth-order valence-corrected chi connectivity index (χ4v) is 3.12. The molecule has 0 aliphatic rings. The number of benzene rings is 3. The summed E-state index contributed by atoms with van der Waals surface area (Å²) in [7, 11) is 0. The van der Waals surface area contributed by atoms with Crippen molar-refractivity contribution in [2.24, 2.45) is 0 Å². The normalized spacial score (nSPS) is 10.6. The lowest BCUT2D eigenvalue weighted by Crippen LogP contribution is -2.14. The van der Waals surface area contributed by atoms with Crippen LogP contribution in [0.4, 0.5) is 5.69 Å². The van der Waals surface area contributed by atoms with Crippen molar-refractivity contribution in [3.05, 3.63) is 90.6 Å². The molecule has 3 aromatic carbocycles. The van der Waals surface area contributed by atoms with Crippen molar-refractivity contribution in [2.45, 2.75) is 6.42 Å². The Morgan fingerprint density at radius 1 is 0.931 bits per heavy atom. The summed E-state index contributed by atoms with van der Waals surface area (Å²) < 4.78 is 1.68. The third-order valence-corrected chi connectivity index (χ3v) is 4.50. The van der Waals surface area contributed by atoms with Gasteiger partial charge in [0.15, 0.2) is 0 Å². The van der Waals surface area contributed by atoms with Crippen molar-refractivity contribution in [3.63, 3.8) is 0 Å². The van der Waals surface area contributed by atoms with E-state index >= 15 is 0 Å². The molecule has 0 saturated heterocycles. The zero-order valence-corrected chi connectivity index (χ0v) is 15.5. The van der Waals surface area contributed by atoms with Crippen LogP contribution in [0, 0.1) is 0 Å². The lowest BCUT2D eigenvalue weighted by Gasteiger charge is -2.11. The number of nitrogens with zero attached hydrogens (tertiary/aromatic N) is 2. The van der Waals surface area contributed by atoms with Crippen LogP contribution in [-0.2, 0) is 11.2 Å². The van der Waals surface area contributed by atoms with E-state index in [2.05, 4.69) is 10.4 Å². The first-order valence-electron chi connectivity index (χ1n) is 9.11. The number of phenolic OH excluding ortho intramolecular Hbond substituents is 2. The van der Waals surface area contributed by atoms with Gasteiger partial charge in [0.1, 0.15) is 11.5 Å². The molecule has 0 aliphatic heterocycles. The summed E-state index contributed by atoms with van der Waals surface area (Å²) in [5.74, 6) is -0.123. The van der Waals surface area contributed by atoms with Gasteiger partial charge in [0.25, 0.3) is 0 Å². The molecule has 1 amide bonds. The van der Waals surface area contributed by atoms with E-state index in [1.807, 2.05) is 42.5 Å². The molecule has 0 fully saturated rings. The van der Waals surface area contributed by atoms with Gasteiger partial charge < -0.3 is 15.5 Å². The van der Waals surface area contributed by atoms with Crippen LogP contribution >= 0.6 is 0 Å². The Kier molecular flexibility index (Phi) is 4.99. The molecule has 0 spiro atoms. The van der Waals surface area contributed by atoms with Crippen molar-refractivity contribution in [2.75, 3.05) is 5.32 Å². The van der Waals surface area contributed by atoms with Crippen molar-refractivity contribution in [1.82, 2.24) is 9.78 Å². The quantitative estimate of drug-likeness (QED) is 0.482. The first-order chi connectivity index (χ1) is 14.1. The highest BCUT2D eigenvalue weighted by atomic mass is 16.3. The van der Waals surface area contributed by atoms with Crippen molar-refractivity contribution >= 4 is 11.6 Å². The van der Waals surface area contributed by atoms with Gasteiger partial charge >= 0.3 is 0 Å². The van der Waals surface area contributed by atoms with Gasteiger partial charge in [-0.05, 0) is 48.0 Å². The summed E-state index contributed by atoms with van der Waals surface area (Å²) in [6, 6.07) is 23.1. The average Bonchev–Trinajstić information content (AvgIpc) is 3.19. The second kappa shape index (κ2) is 7.90. The minimum Gasteiger partial charge on any atom is -0.508 e. The van der Waals surface area contributed by atoms with Gasteiger partial charge in [0.05, 0.1) is 24.0 Å². The fourth-order valence-electron chi connectivity index (χ4n) is 3.12. The predicted molar refractivity (Wildman–Crippen MR) is 111 cm³/mol. The highest BCUT2D eigenvalue weighted by molar-refractivity contribution is 5.92. The summed E-state index contributed by atoms with van der Waals surface area (Å²) in [5.41, 5.74) is 3.66. The van der Waals surface area contributed by atoms with E-state index in [-0.39, 0.29) is 17.4 Å². The third-order valence-electron chi connectivity index (χ3n) is 4.50. The molecule has 4 aromatic rings. The lowest BCUT2D eigenvalue weighted by molar-refractivity contribution is -0.115. The monoisotopic (exact) mass is 385 g/mol. The number of carbonyl (C=O) groups excluding carboxylic acids is 1. The summed E-state index contributed by atoms with van der Waals surface area (Å²) >= 11 is 0. The molecular weight excluding hydrogens is 366 g/mol. The molecule has 1 heterocycles. The Bertz CT molecular complexity index is 1140. The molecule has 6 nitrogen and oxygen atoms in total. The molecule has 0 aliphatic carbocycles. The van der Waals surface area contributed by atoms with Gasteiger partial charge in [-0.2, -0.15) is 5.10 Å². The van der Waals surface area contributed by atoms with E-state index in [0.29, 0.717) is 23.4 Å². The van der Waals surface area contributed by atoms with E-state index in [1.54, 1.807) is 35.1 Å². The third kappa shape index (κ3) is 4.11. The summed E-state index contributed by atoms with van der Waals surface area (Å²) in [5, 5.41) is 26.9. The van der Waals surface area contributed by atoms with Gasteiger partial charge in [0, 0.05) is 17.3 Å². The van der Waals surface area contributed by atoms with E-state index in [1.165, 1.54) is 12.1 Å². The maximum absolute atomic E-state index is 12.2. The molecule has 0 atom stereocenters. The minimum atomic E-state index is -0.0854. The van der Waals surface area contributed by atoms with Gasteiger partial charge in [0.2, 0.25) is 5.91 Å². The predicted octanol–water partition coefficient (Wildman–Crippen LogP) is 4.13. The smallest absolute Gasteiger partial charge is 0.228 e. The molecule has 0 unspecified atom stereocenters. The zero-order chi connectivity index (χ0) is 20.2. The molecule has 0 radical (unpaired) electrons. The Labute approximate surface area is 167 Å². The highest BCUT2D eigenvalue weighted by Gasteiger charge is 2.12. The molecule has 3 N–H and O–H groups in total. The first kappa shape index (κ1) is 18.3. The Morgan fingerprint density at radius 2 is 1.69 bits per heavy atom. The maximum atomic E-state index is 12.2. The van der Waals surface area contributed by atoms with E-state index < -0.39 is 0 Å². The van der Waals surface area contributed by atoms with Crippen molar-refractivity contribution < 1.29 is 15.0 Å². The minimum absolute atomic E-state index is 0.00656. The van der Waals surface area contributed by atoms with Gasteiger partial charge in [-0.25, -0.2) is 4.68 Å². The van der Waals surface area contributed by atoms with Crippen molar-refractivity contribution in [3.8, 4) is 28.4 Å². The molecule has 4 rings (SSSR count). The number of rotatable bonds is 5.